The monoisotopic (exact) mass is 305 g/mol. The second-order valence-electron chi connectivity index (χ2n) is 4.68. The number of aromatic nitrogens is 1. The van der Waals surface area contributed by atoms with E-state index in [9.17, 15) is 9.90 Å². The van der Waals surface area contributed by atoms with Gasteiger partial charge in [-0.05, 0) is 54.7 Å². The fourth-order valence-electron chi connectivity index (χ4n) is 2.38. The van der Waals surface area contributed by atoms with Gasteiger partial charge in [0.05, 0.1) is 5.56 Å². The molecule has 0 saturated carbocycles. The molecule has 1 aromatic carbocycles. The highest BCUT2D eigenvalue weighted by atomic mass is 35.5. The molecule has 0 spiro atoms. The van der Waals surface area contributed by atoms with E-state index in [0.29, 0.717) is 10.2 Å². The van der Waals surface area contributed by atoms with Crippen LogP contribution in [0.4, 0.5) is 0 Å². The number of pyridine rings is 1. The highest BCUT2D eigenvalue weighted by Crippen LogP contribution is 2.33. The number of carboxylic acid groups (broad SMARTS) is 1. The van der Waals surface area contributed by atoms with Gasteiger partial charge in [-0.25, -0.2) is 9.78 Å². The lowest BCUT2D eigenvalue weighted by molar-refractivity contribution is 0.0692. The number of rotatable bonds is 3. The summed E-state index contributed by atoms with van der Waals surface area (Å²) in [6.45, 7) is 0. The molecule has 1 aliphatic rings. The van der Waals surface area contributed by atoms with E-state index in [4.69, 9.17) is 11.6 Å². The summed E-state index contributed by atoms with van der Waals surface area (Å²) in [5, 5.41) is 9.93. The zero-order chi connectivity index (χ0) is 14.1. The van der Waals surface area contributed by atoms with Gasteiger partial charge in [0.15, 0.2) is 0 Å². The lowest BCUT2D eigenvalue weighted by Gasteiger charge is -2.07. The first-order valence-electron chi connectivity index (χ1n) is 6.33. The molecule has 1 N–H and O–H groups in total. The van der Waals surface area contributed by atoms with E-state index in [2.05, 4.69) is 17.1 Å². The molecular formula is C15H12ClNO2S. The Bertz CT molecular complexity index is 688. The van der Waals surface area contributed by atoms with Crippen LogP contribution in [0.5, 0.6) is 0 Å². The van der Waals surface area contributed by atoms with E-state index in [1.54, 1.807) is 0 Å². The van der Waals surface area contributed by atoms with Crippen molar-refractivity contribution in [3.8, 4) is 0 Å². The second-order valence-corrected chi connectivity index (χ2v) is 6.13. The van der Waals surface area contributed by atoms with Crippen LogP contribution in [0.3, 0.4) is 0 Å². The van der Waals surface area contributed by atoms with Crippen LogP contribution >= 0.6 is 23.4 Å². The molecule has 0 unspecified atom stereocenters. The molecule has 0 amide bonds. The Kier molecular flexibility index (Phi) is 3.68. The Hall–Kier alpha value is -1.52. The molecule has 1 aliphatic carbocycles. The van der Waals surface area contributed by atoms with Crippen LogP contribution in [-0.2, 0) is 12.8 Å². The van der Waals surface area contributed by atoms with Crippen molar-refractivity contribution in [1.82, 2.24) is 4.98 Å². The van der Waals surface area contributed by atoms with E-state index < -0.39 is 5.97 Å². The van der Waals surface area contributed by atoms with E-state index in [-0.39, 0.29) is 5.56 Å². The van der Waals surface area contributed by atoms with Gasteiger partial charge in [0.1, 0.15) is 10.2 Å². The molecule has 0 bridgehead atoms. The molecule has 1 heterocycles. The normalized spacial score (nSPS) is 13.2. The number of halogens is 1. The first-order chi connectivity index (χ1) is 9.63. The highest BCUT2D eigenvalue weighted by molar-refractivity contribution is 7.99. The first-order valence-corrected chi connectivity index (χ1v) is 7.52. The molecule has 102 valence electrons. The minimum absolute atomic E-state index is 0.180. The molecule has 0 atom stereocenters. The van der Waals surface area contributed by atoms with Gasteiger partial charge in [0.2, 0.25) is 0 Å². The zero-order valence-corrected chi connectivity index (χ0v) is 12.2. The average Bonchev–Trinajstić information content (AvgIpc) is 2.85. The predicted molar refractivity (Wildman–Crippen MR) is 78.8 cm³/mol. The summed E-state index contributed by atoms with van der Waals surface area (Å²) in [5.41, 5.74) is 2.93. The van der Waals surface area contributed by atoms with Gasteiger partial charge in [0.25, 0.3) is 0 Å². The van der Waals surface area contributed by atoms with Crippen molar-refractivity contribution in [3.05, 3.63) is 52.2 Å². The maximum Gasteiger partial charge on any atom is 0.338 e. The molecule has 0 fully saturated rings. The van der Waals surface area contributed by atoms with Crippen molar-refractivity contribution in [1.29, 1.82) is 0 Å². The Morgan fingerprint density at radius 3 is 2.80 bits per heavy atom. The number of aryl methyl sites for hydroxylation is 2. The quantitative estimate of drug-likeness (QED) is 0.868. The Morgan fingerprint density at radius 2 is 2.00 bits per heavy atom. The Balaban J connectivity index is 1.95. The first kappa shape index (κ1) is 13.5. The standard InChI is InChI=1S/C15H12ClNO2S/c16-13-7-6-12(15(18)19)14(17-13)20-11-5-4-9-2-1-3-10(9)8-11/h4-8H,1-3H2,(H,18,19). The molecule has 0 aliphatic heterocycles. The van der Waals surface area contributed by atoms with Crippen LogP contribution < -0.4 is 0 Å². The number of benzene rings is 1. The van der Waals surface area contributed by atoms with Crippen LogP contribution in [0, 0.1) is 0 Å². The summed E-state index contributed by atoms with van der Waals surface area (Å²) < 4.78 is 0. The Labute approximate surface area is 126 Å². The van der Waals surface area contributed by atoms with Crippen LogP contribution in [0.15, 0.2) is 40.3 Å². The third kappa shape index (κ3) is 2.67. The van der Waals surface area contributed by atoms with E-state index >= 15 is 0 Å². The minimum atomic E-state index is -0.988. The number of fused-ring (bicyclic) bond motifs is 1. The van der Waals surface area contributed by atoms with E-state index in [0.717, 1.165) is 17.7 Å². The molecule has 1 aromatic heterocycles. The zero-order valence-electron chi connectivity index (χ0n) is 10.6. The maximum absolute atomic E-state index is 11.2. The van der Waals surface area contributed by atoms with Crippen molar-refractivity contribution in [2.45, 2.75) is 29.2 Å². The molecule has 2 aromatic rings. The van der Waals surface area contributed by atoms with Gasteiger partial charge < -0.3 is 5.11 Å². The number of nitrogens with zero attached hydrogens (tertiary/aromatic N) is 1. The van der Waals surface area contributed by atoms with E-state index in [1.807, 2.05) is 6.07 Å². The summed E-state index contributed by atoms with van der Waals surface area (Å²) in [6.07, 6.45) is 3.42. The van der Waals surface area contributed by atoms with E-state index in [1.165, 1.54) is 41.4 Å². The van der Waals surface area contributed by atoms with Gasteiger partial charge in [-0.1, -0.05) is 29.4 Å². The topological polar surface area (TPSA) is 50.2 Å². The minimum Gasteiger partial charge on any atom is -0.478 e. The Morgan fingerprint density at radius 1 is 1.20 bits per heavy atom. The maximum atomic E-state index is 11.2. The van der Waals surface area contributed by atoms with Crippen LogP contribution in [0.2, 0.25) is 5.15 Å². The van der Waals surface area contributed by atoms with Crippen molar-refractivity contribution in [2.75, 3.05) is 0 Å². The summed E-state index contributed by atoms with van der Waals surface area (Å²) in [6, 6.07) is 9.25. The SMILES string of the molecule is O=C(O)c1ccc(Cl)nc1Sc1ccc2c(c1)CCC2. The van der Waals surface area contributed by atoms with Gasteiger partial charge in [-0.15, -0.1) is 0 Å². The molecule has 3 nitrogen and oxygen atoms in total. The summed E-state index contributed by atoms with van der Waals surface area (Å²) >= 11 is 7.21. The average molecular weight is 306 g/mol. The molecule has 3 rings (SSSR count). The fourth-order valence-corrected chi connectivity index (χ4v) is 3.55. The molecule has 5 heteroatoms. The number of aromatic carboxylic acids is 1. The lowest BCUT2D eigenvalue weighted by Crippen LogP contribution is -2.00. The third-order valence-electron chi connectivity index (χ3n) is 3.34. The molecule has 20 heavy (non-hydrogen) atoms. The van der Waals surface area contributed by atoms with Crippen molar-refractivity contribution in [3.63, 3.8) is 0 Å². The number of hydrogen-bond donors (Lipinski definition) is 1. The van der Waals surface area contributed by atoms with Gasteiger partial charge in [-0.2, -0.15) is 0 Å². The number of carboxylic acids is 1. The molecular weight excluding hydrogens is 294 g/mol. The summed E-state index contributed by atoms with van der Waals surface area (Å²) in [5.74, 6) is -0.988. The van der Waals surface area contributed by atoms with Crippen molar-refractivity contribution < 1.29 is 9.90 Å². The smallest absolute Gasteiger partial charge is 0.338 e. The van der Waals surface area contributed by atoms with Gasteiger partial charge >= 0.3 is 5.97 Å². The summed E-state index contributed by atoms with van der Waals surface area (Å²) in [7, 11) is 0. The van der Waals surface area contributed by atoms with Crippen LogP contribution in [-0.4, -0.2) is 16.1 Å². The van der Waals surface area contributed by atoms with Crippen molar-refractivity contribution >= 4 is 29.3 Å². The van der Waals surface area contributed by atoms with Gasteiger partial charge in [-0.3, -0.25) is 0 Å². The van der Waals surface area contributed by atoms with Gasteiger partial charge in [0, 0.05) is 4.90 Å². The number of carbonyl (C=O) groups is 1. The molecule has 0 radical (unpaired) electrons. The highest BCUT2D eigenvalue weighted by Gasteiger charge is 2.15. The summed E-state index contributed by atoms with van der Waals surface area (Å²) in [4.78, 5) is 16.3. The van der Waals surface area contributed by atoms with Crippen molar-refractivity contribution in [2.24, 2.45) is 0 Å². The fraction of sp³-hybridized carbons (Fsp3) is 0.200. The van der Waals surface area contributed by atoms with Crippen LogP contribution in [0.25, 0.3) is 0 Å². The molecule has 0 saturated heterocycles. The third-order valence-corrected chi connectivity index (χ3v) is 4.55. The second kappa shape index (κ2) is 5.46. The number of hydrogen-bond acceptors (Lipinski definition) is 3. The lowest BCUT2D eigenvalue weighted by atomic mass is 10.1. The largest absolute Gasteiger partial charge is 0.478 e. The predicted octanol–water partition coefficient (Wildman–Crippen LogP) is 4.07. The van der Waals surface area contributed by atoms with Crippen LogP contribution in [0.1, 0.15) is 27.9 Å².